The molecule has 2 unspecified atom stereocenters. The molecule has 12 heteroatoms. The minimum Gasteiger partial charge on any atom is -0.378 e. The molecule has 5 heterocycles. The summed E-state index contributed by atoms with van der Waals surface area (Å²) in [5.41, 5.74) is 6.17. The fourth-order valence-corrected chi connectivity index (χ4v) is 7.43. The molecule has 1 aromatic carbocycles. The number of aromatic nitrogens is 1. The summed E-state index contributed by atoms with van der Waals surface area (Å²) in [6.07, 6.45) is 5.33. The molecular weight excluding hydrogens is 609 g/mol. The topological polar surface area (TPSA) is 96.1 Å². The first-order chi connectivity index (χ1) is 22.4. The Balaban J connectivity index is 1.61. The maximum atomic E-state index is 16.2. The normalized spacial score (nSPS) is 27.6. The number of morpholine rings is 1. The molecule has 2 fully saturated rings. The Morgan fingerprint density at radius 3 is 2.40 bits per heavy atom. The van der Waals surface area contributed by atoms with Gasteiger partial charge in [-0.25, -0.2) is 18.0 Å². The van der Waals surface area contributed by atoms with Crippen LogP contribution in [-0.4, -0.2) is 67.5 Å². The number of hydrogen-bond donors (Lipinski definition) is 2. The standard InChI is InChI=1S/C35H49F3N6O3/c1-5-29-26-11-9-12-28(31(26)36)35(37,38)25-13-16-42(17-14-25)23(2)10-7-6-8-15-44(34(39)46)32-27(24(3)40-29)22-30(33(45)41(32)4)43-18-20-47-21-19-43/h5,9,11-12,22-25,29,40H,1,6-8,10,13-21H2,2-4H3,(H2,39,46)/t23?,24?,29-/m1/s1. The van der Waals surface area contributed by atoms with E-state index in [1.54, 1.807) is 13.1 Å². The van der Waals surface area contributed by atoms with Gasteiger partial charge in [0.25, 0.3) is 11.5 Å². The monoisotopic (exact) mass is 658 g/mol. The van der Waals surface area contributed by atoms with Crippen molar-refractivity contribution in [1.29, 1.82) is 0 Å². The van der Waals surface area contributed by atoms with E-state index in [9.17, 15) is 9.59 Å². The van der Waals surface area contributed by atoms with Crippen molar-refractivity contribution in [2.45, 2.75) is 76.4 Å². The summed E-state index contributed by atoms with van der Waals surface area (Å²) in [6, 6.07) is 4.00. The van der Waals surface area contributed by atoms with Crippen molar-refractivity contribution in [1.82, 2.24) is 14.8 Å². The molecule has 6 rings (SSSR count). The van der Waals surface area contributed by atoms with Crippen molar-refractivity contribution >= 4 is 17.5 Å². The number of carbonyl (C=O) groups excluding carboxylic acids is 1. The van der Waals surface area contributed by atoms with E-state index in [4.69, 9.17) is 10.5 Å². The zero-order chi connectivity index (χ0) is 33.9. The molecule has 4 bridgehead atoms. The van der Waals surface area contributed by atoms with Crippen LogP contribution in [0.1, 0.15) is 81.1 Å². The molecule has 258 valence electrons. The Bertz CT molecular complexity index is 1490. The molecule has 3 N–H and O–H groups in total. The molecule has 4 aliphatic heterocycles. The lowest BCUT2D eigenvalue weighted by Gasteiger charge is -2.39. The number of carbonyl (C=O) groups is 1. The number of benzene rings is 1. The minimum atomic E-state index is -3.34. The maximum Gasteiger partial charge on any atom is 0.320 e. The van der Waals surface area contributed by atoms with E-state index in [2.05, 4.69) is 23.7 Å². The number of nitrogens with zero attached hydrogens (tertiary/aromatic N) is 4. The van der Waals surface area contributed by atoms with Gasteiger partial charge in [-0.2, -0.15) is 0 Å². The van der Waals surface area contributed by atoms with Crippen LogP contribution >= 0.6 is 0 Å². The number of amides is 2. The zero-order valence-corrected chi connectivity index (χ0v) is 27.8. The largest absolute Gasteiger partial charge is 0.378 e. The SMILES string of the molecule is C=C[C@H]1NC(C)c2cc(N3CCOCC3)c(=O)n(C)c2N(C(N)=O)CCCCCC(C)N2CCC(CC2)C(F)(F)c2cccc1c2F. The maximum absolute atomic E-state index is 16.2. The highest BCUT2D eigenvalue weighted by molar-refractivity contribution is 5.91. The van der Waals surface area contributed by atoms with Crippen LogP contribution in [0.15, 0.2) is 41.7 Å². The predicted molar refractivity (Wildman–Crippen MR) is 179 cm³/mol. The van der Waals surface area contributed by atoms with Crippen LogP contribution in [-0.2, 0) is 17.7 Å². The van der Waals surface area contributed by atoms with E-state index in [-0.39, 0.29) is 30.0 Å². The second-order valence-corrected chi connectivity index (χ2v) is 13.2. The quantitative estimate of drug-likeness (QED) is 0.409. The fourth-order valence-electron chi connectivity index (χ4n) is 7.43. The summed E-state index contributed by atoms with van der Waals surface area (Å²) in [5, 5.41) is 3.35. The van der Waals surface area contributed by atoms with Crippen LogP contribution in [0, 0.1) is 11.7 Å². The lowest BCUT2D eigenvalue weighted by atomic mass is 9.84. The highest BCUT2D eigenvalue weighted by Gasteiger charge is 2.45. The van der Waals surface area contributed by atoms with Gasteiger partial charge in [-0.05, 0) is 58.7 Å². The van der Waals surface area contributed by atoms with Crippen LogP contribution < -0.4 is 26.4 Å². The molecule has 2 amide bonds. The van der Waals surface area contributed by atoms with Gasteiger partial charge in [0.2, 0.25) is 0 Å². The van der Waals surface area contributed by atoms with E-state index in [1.807, 2.05) is 11.8 Å². The van der Waals surface area contributed by atoms with Gasteiger partial charge in [0.05, 0.1) is 24.8 Å². The third-order valence-corrected chi connectivity index (χ3v) is 10.3. The minimum absolute atomic E-state index is 0.0519. The average Bonchev–Trinajstić information content (AvgIpc) is 3.06. The Labute approximate surface area is 275 Å². The van der Waals surface area contributed by atoms with Crippen molar-refractivity contribution < 1.29 is 22.7 Å². The number of primary amides is 1. The van der Waals surface area contributed by atoms with Gasteiger partial charge in [-0.3, -0.25) is 19.6 Å². The number of nitrogens with two attached hydrogens (primary N) is 1. The Kier molecular flexibility index (Phi) is 11.0. The number of nitrogens with one attached hydrogen (secondary N) is 1. The number of hydrogen-bond acceptors (Lipinski definition) is 6. The van der Waals surface area contributed by atoms with Crippen LogP contribution in [0.5, 0.6) is 0 Å². The smallest absolute Gasteiger partial charge is 0.320 e. The lowest BCUT2D eigenvalue weighted by molar-refractivity contribution is -0.0907. The molecule has 1 aromatic heterocycles. The van der Waals surface area contributed by atoms with Crippen LogP contribution in [0.3, 0.4) is 0 Å². The number of pyridine rings is 1. The number of halogens is 3. The molecular formula is C35H49F3N6O3. The van der Waals surface area contributed by atoms with Gasteiger partial charge in [0, 0.05) is 55.8 Å². The van der Waals surface area contributed by atoms with E-state index >= 15 is 13.2 Å². The summed E-state index contributed by atoms with van der Waals surface area (Å²) in [5.74, 6) is -4.91. The first kappa shape index (κ1) is 35.0. The zero-order valence-electron chi connectivity index (χ0n) is 27.8. The predicted octanol–water partition coefficient (Wildman–Crippen LogP) is 5.59. The summed E-state index contributed by atoms with van der Waals surface area (Å²) >= 11 is 0. The molecule has 47 heavy (non-hydrogen) atoms. The van der Waals surface area contributed by atoms with Crippen LogP contribution in [0.2, 0.25) is 0 Å². The van der Waals surface area contributed by atoms with E-state index in [1.165, 1.54) is 33.7 Å². The summed E-state index contributed by atoms with van der Waals surface area (Å²) in [7, 11) is 1.62. The molecule has 0 spiro atoms. The van der Waals surface area contributed by atoms with Crippen molar-refractivity contribution in [3.63, 3.8) is 0 Å². The van der Waals surface area contributed by atoms with Crippen molar-refractivity contribution in [2.75, 3.05) is 55.7 Å². The van der Waals surface area contributed by atoms with Crippen molar-refractivity contribution in [2.24, 2.45) is 18.7 Å². The highest BCUT2D eigenvalue weighted by atomic mass is 19.3. The number of urea groups is 1. The summed E-state index contributed by atoms with van der Waals surface area (Å²) in [6.45, 7) is 11.2. The summed E-state index contributed by atoms with van der Waals surface area (Å²) < 4.78 is 55.2. The number of fused-ring (bicyclic) bond motifs is 10. The average molecular weight is 659 g/mol. The molecule has 2 aromatic rings. The Morgan fingerprint density at radius 2 is 1.74 bits per heavy atom. The van der Waals surface area contributed by atoms with E-state index in [0.717, 1.165) is 19.3 Å². The Hall–Kier alpha value is -3.35. The van der Waals surface area contributed by atoms with E-state index < -0.39 is 41.3 Å². The molecule has 4 aliphatic rings. The van der Waals surface area contributed by atoms with Gasteiger partial charge in [0.1, 0.15) is 17.3 Å². The number of piperidine rings is 1. The van der Waals surface area contributed by atoms with Gasteiger partial charge in [-0.15, -0.1) is 6.58 Å². The van der Waals surface area contributed by atoms with Gasteiger partial charge in [-0.1, -0.05) is 37.1 Å². The first-order valence-corrected chi connectivity index (χ1v) is 16.9. The number of anilines is 2. The number of ether oxygens (including phenoxy) is 1. The second kappa shape index (κ2) is 14.8. The van der Waals surface area contributed by atoms with E-state index in [0.29, 0.717) is 69.4 Å². The summed E-state index contributed by atoms with van der Waals surface area (Å²) in [4.78, 5) is 32.4. The molecule has 9 nitrogen and oxygen atoms in total. The molecule has 0 radical (unpaired) electrons. The van der Waals surface area contributed by atoms with Crippen LogP contribution in [0.25, 0.3) is 0 Å². The fraction of sp³-hybridized carbons (Fsp3) is 0.600. The molecule has 3 atom stereocenters. The van der Waals surface area contributed by atoms with Crippen LogP contribution in [0.4, 0.5) is 29.5 Å². The molecule has 2 saturated heterocycles. The van der Waals surface area contributed by atoms with Gasteiger partial charge in [0.15, 0.2) is 0 Å². The molecule has 0 aliphatic carbocycles. The lowest BCUT2D eigenvalue weighted by Crippen LogP contribution is -2.44. The van der Waals surface area contributed by atoms with Crippen molar-refractivity contribution in [3.05, 3.63) is 69.8 Å². The highest BCUT2D eigenvalue weighted by Crippen LogP contribution is 2.44. The first-order valence-electron chi connectivity index (χ1n) is 16.9. The number of alkyl halides is 2. The van der Waals surface area contributed by atoms with Crippen molar-refractivity contribution in [3.8, 4) is 0 Å². The van der Waals surface area contributed by atoms with Gasteiger partial charge >= 0.3 is 6.03 Å². The third-order valence-electron chi connectivity index (χ3n) is 10.3. The second-order valence-electron chi connectivity index (χ2n) is 13.2. The van der Waals surface area contributed by atoms with Gasteiger partial charge < -0.3 is 20.3 Å². The molecule has 0 saturated carbocycles. The number of rotatable bonds is 2. The Morgan fingerprint density at radius 1 is 1.04 bits per heavy atom. The third kappa shape index (κ3) is 7.24.